The number of benzene rings is 1. The normalized spacial score (nSPS) is 10.1. The van der Waals surface area contributed by atoms with Crippen LogP contribution in [-0.4, -0.2) is 5.78 Å². The molecule has 0 saturated carbocycles. The Labute approximate surface area is 88.5 Å². The first-order chi connectivity index (χ1) is 6.19. The summed E-state index contributed by atoms with van der Waals surface area (Å²) in [4.78, 5) is 12.1. The fourth-order valence-electron chi connectivity index (χ4n) is 1.09. The lowest BCUT2D eigenvalue weighted by Gasteiger charge is -2.03. The third-order valence-electron chi connectivity index (χ3n) is 1.84. The number of hydrogen-bond donors (Lipinski definition) is 1. The average molecular weight is 215 g/mol. The van der Waals surface area contributed by atoms with Gasteiger partial charge in [-0.1, -0.05) is 13.0 Å². The van der Waals surface area contributed by atoms with Gasteiger partial charge in [-0.25, -0.2) is 0 Å². The van der Waals surface area contributed by atoms with Crippen LogP contribution in [0.4, 0.5) is 0 Å². The van der Waals surface area contributed by atoms with Gasteiger partial charge in [0.25, 0.3) is 0 Å². The summed E-state index contributed by atoms with van der Waals surface area (Å²) in [7, 11) is 0. The lowest BCUT2D eigenvalue weighted by Crippen LogP contribution is -1.98. The van der Waals surface area contributed by atoms with Gasteiger partial charge in [0.15, 0.2) is 5.78 Å². The van der Waals surface area contributed by atoms with Crippen molar-refractivity contribution >= 4 is 30.0 Å². The van der Waals surface area contributed by atoms with E-state index in [2.05, 4.69) is 12.6 Å². The van der Waals surface area contributed by atoms with Crippen molar-refractivity contribution in [2.45, 2.75) is 24.1 Å². The summed E-state index contributed by atoms with van der Waals surface area (Å²) in [6.45, 7) is 1.84. The fraction of sp³-hybridized carbons (Fsp3) is 0.300. The van der Waals surface area contributed by atoms with Gasteiger partial charge in [0.1, 0.15) is 0 Å². The van der Waals surface area contributed by atoms with Gasteiger partial charge < -0.3 is 0 Å². The molecule has 13 heavy (non-hydrogen) atoms. The Balaban J connectivity index is 3.05. The minimum Gasteiger partial charge on any atom is -0.294 e. The Hall–Kier alpha value is -0.470. The van der Waals surface area contributed by atoms with E-state index in [4.69, 9.17) is 11.6 Å². The third-order valence-corrected chi connectivity index (χ3v) is 2.52. The maximum Gasteiger partial charge on any atom is 0.163 e. The summed E-state index contributed by atoms with van der Waals surface area (Å²) in [6.07, 6.45) is 0.508. The van der Waals surface area contributed by atoms with Gasteiger partial charge in [0, 0.05) is 22.8 Å². The van der Waals surface area contributed by atoms with Gasteiger partial charge in [-0.2, -0.15) is 0 Å². The Morgan fingerprint density at radius 3 is 2.69 bits per heavy atom. The monoisotopic (exact) mass is 214 g/mol. The van der Waals surface area contributed by atoms with Gasteiger partial charge >= 0.3 is 0 Å². The van der Waals surface area contributed by atoms with Crippen molar-refractivity contribution in [3.8, 4) is 0 Å². The number of ketones is 1. The molecule has 0 fully saturated rings. The highest BCUT2D eigenvalue weighted by Crippen LogP contribution is 2.18. The number of alkyl halides is 1. The minimum absolute atomic E-state index is 0.117. The van der Waals surface area contributed by atoms with E-state index < -0.39 is 0 Å². The standard InChI is InChI=1S/C10H11ClOS/c1-2-9(12)8-4-3-7(6-11)5-10(8)13/h3-5,13H,2,6H2,1H3. The van der Waals surface area contributed by atoms with Crippen LogP contribution in [0.3, 0.4) is 0 Å². The zero-order valence-electron chi connectivity index (χ0n) is 7.38. The Bertz CT molecular complexity index is 323. The van der Waals surface area contributed by atoms with Crippen LogP contribution in [0.25, 0.3) is 0 Å². The number of thiol groups is 1. The number of halogens is 1. The van der Waals surface area contributed by atoms with E-state index in [1.807, 2.05) is 19.1 Å². The Kier molecular flexibility index (Phi) is 3.82. The molecular weight excluding hydrogens is 204 g/mol. The van der Waals surface area contributed by atoms with Crippen LogP contribution < -0.4 is 0 Å². The van der Waals surface area contributed by atoms with Gasteiger partial charge in [-0.3, -0.25) is 4.79 Å². The second-order valence-electron chi connectivity index (χ2n) is 2.76. The molecule has 0 radical (unpaired) electrons. The van der Waals surface area contributed by atoms with Crippen LogP contribution in [-0.2, 0) is 5.88 Å². The molecule has 0 atom stereocenters. The number of carbonyl (C=O) groups excluding carboxylic acids is 1. The SMILES string of the molecule is CCC(=O)c1ccc(CCl)cc1S. The maximum atomic E-state index is 11.4. The lowest BCUT2D eigenvalue weighted by molar-refractivity contribution is 0.0985. The largest absolute Gasteiger partial charge is 0.294 e. The van der Waals surface area contributed by atoms with Gasteiger partial charge in [0.05, 0.1) is 0 Å². The summed E-state index contributed by atoms with van der Waals surface area (Å²) in [5.41, 5.74) is 1.67. The first-order valence-electron chi connectivity index (χ1n) is 4.10. The highest BCUT2D eigenvalue weighted by atomic mass is 35.5. The second kappa shape index (κ2) is 4.68. The zero-order chi connectivity index (χ0) is 9.84. The van der Waals surface area contributed by atoms with Gasteiger partial charge in [-0.05, 0) is 17.7 Å². The molecule has 0 aliphatic heterocycles. The van der Waals surface area contributed by atoms with Crippen molar-refractivity contribution in [1.29, 1.82) is 0 Å². The van der Waals surface area contributed by atoms with Crippen molar-refractivity contribution in [3.05, 3.63) is 29.3 Å². The molecule has 0 amide bonds. The number of hydrogen-bond acceptors (Lipinski definition) is 2. The molecule has 0 N–H and O–H groups in total. The number of Topliss-reactive ketones (excluding diaryl/α,β-unsaturated/α-hetero) is 1. The molecule has 3 heteroatoms. The molecule has 0 aromatic heterocycles. The Morgan fingerprint density at radius 1 is 1.54 bits per heavy atom. The van der Waals surface area contributed by atoms with Crippen molar-refractivity contribution < 1.29 is 4.79 Å². The van der Waals surface area contributed by atoms with E-state index in [9.17, 15) is 4.79 Å². The second-order valence-corrected chi connectivity index (χ2v) is 3.51. The summed E-state index contributed by atoms with van der Waals surface area (Å²) in [5.74, 6) is 0.569. The molecule has 1 rings (SSSR count). The number of rotatable bonds is 3. The highest BCUT2D eigenvalue weighted by molar-refractivity contribution is 7.80. The van der Waals surface area contributed by atoms with Crippen LogP contribution in [0.5, 0.6) is 0 Å². The van der Waals surface area contributed by atoms with Crippen LogP contribution in [0.1, 0.15) is 29.3 Å². The van der Waals surface area contributed by atoms with Crippen molar-refractivity contribution in [2.75, 3.05) is 0 Å². The predicted molar refractivity (Wildman–Crippen MR) is 57.9 cm³/mol. The molecule has 1 nitrogen and oxygen atoms in total. The molecular formula is C10H11ClOS. The maximum absolute atomic E-state index is 11.4. The molecule has 0 spiro atoms. The minimum atomic E-state index is 0.117. The topological polar surface area (TPSA) is 17.1 Å². The van der Waals surface area contributed by atoms with E-state index in [1.54, 1.807) is 6.07 Å². The quantitative estimate of drug-likeness (QED) is 0.464. The van der Waals surface area contributed by atoms with E-state index in [1.165, 1.54) is 0 Å². The van der Waals surface area contributed by atoms with Crippen LogP contribution in [0.15, 0.2) is 23.1 Å². The molecule has 0 unspecified atom stereocenters. The van der Waals surface area contributed by atoms with E-state index in [0.29, 0.717) is 22.8 Å². The molecule has 0 aliphatic rings. The molecule has 1 aromatic rings. The first-order valence-corrected chi connectivity index (χ1v) is 5.08. The van der Waals surface area contributed by atoms with Gasteiger partial charge in [0.2, 0.25) is 0 Å². The predicted octanol–water partition coefficient (Wildman–Crippen LogP) is 3.31. The Morgan fingerprint density at radius 2 is 2.23 bits per heavy atom. The fourth-order valence-corrected chi connectivity index (χ4v) is 1.62. The summed E-state index contributed by atoms with van der Waals surface area (Å²) in [5, 5.41) is 0. The smallest absolute Gasteiger partial charge is 0.163 e. The zero-order valence-corrected chi connectivity index (χ0v) is 9.03. The molecule has 0 aliphatic carbocycles. The van der Waals surface area contributed by atoms with Crippen molar-refractivity contribution in [1.82, 2.24) is 0 Å². The van der Waals surface area contributed by atoms with Crippen LogP contribution in [0, 0.1) is 0 Å². The van der Waals surface area contributed by atoms with E-state index >= 15 is 0 Å². The summed E-state index contributed by atoms with van der Waals surface area (Å²) >= 11 is 9.88. The van der Waals surface area contributed by atoms with E-state index in [0.717, 1.165) is 5.56 Å². The highest BCUT2D eigenvalue weighted by Gasteiger charge is 2.07. The van der Waals surface area contributed by atoms with Crippen molar-refractivity contribution in [2.24, 2.45) is 0 Å². The molecule has 0 saturated heterocycles. The van der Waals surface area contributed by atoms with Crippen molar-refractivity contribution in [3.63, 3.8) is 0 Å². The molecule has 0 heterocycles. The van der Waals surface area contributed by atoms with Gasteiger partial charge in [-0.15, -0.1) is 24.2 Å². The average Bonchev–Trinajstić information content (AvgIpc) is 2.16. The molecule has 1 aromatic carbocycles. The summed E-state index contributed by atoms with van der Waals surface area (Å²) < 4.78 is 0. The number of carbonyl (C=O) groups is 1. The van der Waals surface area contributed by atoms with Crippen LogP contribution >= 0.6 is 24.2 Å². The van der Waals surface area contributed by atoms with Crippen LogP contribution in [0.2, 0.25) is 0 Å². The first kappa shape index (κ1) is 10.6. The summed E-state index contributed by atoms with van der Waals surface area (Å²) in [6, 6.07) is 5.47. The molecule has 0 bridgehead atoms. The van der Waals surface area contributed by atoms with E-state index in [-0.39, 0.29) is 5.78 Å². The molecule has 70 valence electrons. The lowest BCUT2D eigenvalue weighted by atomic mass is 10.1. The third kappa shape index (κ3) is 2.48.